The molecule has 18 heavy (non-hydrogen) atoms. The molecular formula is C13H16N4O. The van der Waals surface area contributed by atoms with Crippen LogP contribution in [0.25, 0.3) is 0 Å². The van der Waals surface area contributed by atoms with Gasteiger partial charge in [-0.1, -0.05) is 0 Å². The van der Waals surface area contributed by atoms with Crippen molar-refractivity contribution in [2.24, 2.45) is 7.05 Å². The first-order valence-corrected chi connectivity index (χ1v) is 5.79. The molecule has 1 amide bonds. The second-order valence-corrected chi connectivity index (χ2v) is 4.25. The Bertz CT molecular complexity index is 547. The molecule has 0 saturated heterocycles. The van der Waals surface area contributed by atoms with Gasteiger partial charge in [0.1, 0.15) is 0 Å². The lowest BCUT2D eigenvalue weighted by Crippen LogP contribution is -2.27. The Morgan fingerprint density at radius 3 is 2.78 bits per heavy atom. The van der Waals surface area contributed by atoms with E-state index in [1.165, 1.54) is 0 Å². The van der Waals surface area contributed by atoms with Gasteiger partial charge < -0.3 is 5.32 Å². The van der Waals surface area contributed by atoms with Crippen LogP contribution in [0, 0.1) is 6.92 Å². The van der Waals surface area contributed by atoms with Crippen LogP contribution in [0.4, 0.5) is 0 Å². The van der Waals surface area contributed by atoms with E-state index in [0.29, 0.717) is 5.56 Å². The maximum absolute atomic E-state index is 12.0. The Labute approximate surface area is 106 Å². The summed E-state index contributed by atoms with van der Waals surface area (Å²) in [6, 6.07) is 3.41. The molecule has 0 aliphatic rings. The number of rotatable bonds is 3. The van der Waals surface area contributed by atoms with Gasteiger partial charge in [-0.3, -0.25) is 14.5 Å². The molecule has 0 aliphatic carbocycles. The van der Waals surface area contributed by atoms with Gasteiger partial charge in [-0.15, -0.1) is 0 Å². The van der Waals surface area contributed by atoms with Crippen molar-refractivity contribution in [3.63, 3.8) is 0 Å². The molecule has 94 valence electrons. The molecule has 1 atom stereocenters. The third kappa shape index (κ3) is 2.40. The quantitative estimate of drug-likeness (QED) is 0.892. The van der Waals surface area contributed by atoms with Crippen LogP contribution in [-0.4, -0.2) is 20.7 Å². The van der Waals surface area contributed by atoms with Gasteiger partial charge in [-0.2, -0.15) is 5.10 Å². The zero-order valence-corrected chi connectivity index (χ0v) is 10.7. The fourth-order valence-electron chi connectivity index (χ4n) is 1.80. The molecule has 0 bridgehead atoms. The topological polar surface area (TPSA) is 59.8 Å². The molecule has 0 aromatic carbocycles. The average Bonchev–Trinajstić information content (AvgIpc) is 2.71. The molecule has 0 saturated carbocycles. The predicted molar refractivity (Wildman–Crippen MR) is 68.1 cm³/mol. The lowest BCUT2D eigenvalue weighted by atomic mass is 10.1. The monoisotopic (exact) mass is 244 g/mol. The third-order valence-electron chi connectivity index (χ3n) is 3.01. The number of aryl methyl sites for hydroxylation is 1. The number of pyridine rings is 1. The van der Waals surface area contributed by atoms with Gasteiger partial charge in [0, 0.05) is 30.7 Å². The SMILES string of the molecule is Cc1c(C(C)NC(=O)c2cccnc2)cnn1C. The third-order valence-corrected chi connectivity index (χ3v) is 3.01. The fraction of sp³-hybridized carbons (Fsp3) is 0.308. The summed E-state index contributed by atoms with van der Waals surface area (Å²) in [5, 5.41) is 7.10. The first kappa shape index (κ1) is 12.3. The minimum atomic E-state index is -0.126. The molecule has 0 aliphatic heterocycles. The Morgan fingerprint density at radius 2 is 2.22 bits per heavy atom. The minimum absolute atomic E-state index is 0.0774. The number of hydrogen-bond donors (Lipinski definition) is 1. The van der Waals surface area contributed by atoms with Crippen LogP contribution in [-0.2, 0) is 7.05 Å². The van der Waals surface area contributed by atoms with E-state index < -0.39 is 0 Å². The van der Waals surface area contributed by atoms with Gasteiger partial charge in [-0.25, -0.2) is 0 Å². The number of nitrogens with one attached hydrogen (secondary N) is 1. The van der Waals surface area contributed by atoms with Crippen molar-refractivity contribution < 1.29 is 4.79 Å². The molecular weight excluding hydrogens is 228 g/mol. The normalized spacial score (nSPS) is 12.2. The zero-order chi connectivity index (χ0) is 13.1. The molecule has 5 nitrogen and oxygen atoms in total. The lowest BCUT2D eigenvalue weighted by Gasteiger charge is -2.13. The van der Waals surface area contributed by atoms with E-state index in [1.54, 1.807) is 35.4 Å². The van der Waals surface area contributed by atoms with Crippen molar-refractivity contribution in [1.82, 2.24) is 20.1 Å². The van der Waals surface area contributed by atoms with Gasteiger partial charge in [0.05, 0.1) is 17.8 Å². The molecule has 0 spiro atoms. The summed E-state index contributed by atoms with van der Waals surface area (Å²) in [6.07, 6.45) is 4.98. The van der Waals surface area contributed by atoms with Gasteiger partial charge in [0.2, 0.25) is 0 Å². The van der Waals surface area contributed by atoms with Crippen LogP contribution in [0.2, 0.25) is 0 Å². The molecule has 2 rings (SSSR count). The maximum atomic E-state index is 12.0. The number of nitrogens with zero attached hydrogens (tertiary/aromatic N) is 3. The van der Waals surface area contributed by atoms with Crippen molar-refractivity contribution >= 4 is 5.91 Å². The highest BCUT2D eigenvalue weighted by atomic mass is 16.1. The number of aromatic nitrogens is 3. The predicted octanol–water partition coefficient (Wildman–Crippen LogP) is 1.61. The van der Waals surface area contributed by atoms with Crippen LogP contribution in [0.1, 0.15) is 34.6 Å². The first-order valence-electron chi connectivity index (χ1n) is 5.79. The van der Waals surface area contributed by atoms with E-state index >= 15 is 0 Å². The molecule has 0 radical (unpaired) electrons. The van der Waals surface area contributed by atoms with Gasteiger partial charge in [0.15, 0.2) is 0 Å². The highest BCUT2D eigenvalue weighted by Gasteiger charge is 2.15. The van der Waals surface area contributed by atoms with Crippen LogP contribution in [0.3, 0.4) is 0 Å². The van der Waals surface area contributed by atoms with E-state index in [-0.39, 0.29) is 11.9 Å². The summed E-state index contributed by atoms with van der Waals surface area (Å²) >= 11 is 0. The highest BCUT2D eigenvalue weighted by Crippen LogP contribution is 2.16. The molecule has 1 unspecified atom stereocenters. The van der Waals surface area contributed by atoms with Crippen molar-refractivity contribution in [2.45, 2.75) is 19.9 Å². The summed E-state index contributed by atoms with van der Waals surface area (Å²) in [4.78, 5) is 15.9. The van der Waals surface area contributed by atoms with Crippen molar-refractivity contribution in [3.8, 4) is 0 Å². The summed E-state index contributed by atoms with van der Waals surface area (Å²) < 4.78 is 1.79. The molecule has 5 heteroatoms. The largest absolute Gasteiger partial charge is 0.345 e. The Balaban J connectivity index is 2.11. The van der Waals surface area contributed by atoms with E-state index in [1.807, 2.05) is 20.9 Å². The van der Waals surface area contributed by atoms with Gasteiger partial charge in [0.25, 0.3) is 5.91 Å². The summed E-state index contributed by atoms with van der Waals surface area (Å²) in [7, 11) is 1.88. The van der Waals surface area contributed by atoms with Crippen molar-refractivity contribution in [3.05, 3.63) is 47.5 Å². The summed E-state index contributed by atoms with van der Waals surface area (Å²) in [5.74, 6) is -0.126. The van der Waals surface area contributed by atoms with Crippen LogP contribution in [0.5, 0.6) is 0 Å². The minimum Gasteiger partial charge on any atom is -0.345 e. The second-order valence-electron chi connectivity index (χ2n) is 4.25. The number of carbonyl (C=O) groups excluding carboxylic acids is 1. The van der Waals surface area contributed by atoms with Gasteiger partial charge >= 0.3 is 0 Å². The smallest absolute Gasteiger partial charge is 0.253 e. The van der Waals surface area contributed by atoms with E-state index in [2.05, 4.69) is 15.4 Å². The molecule has 2 aromatic heterocycles. The Morgan fingerprint density at radius 1 is 1.44 bits per heavy atom. The van der Waals surface area contributed by atoms with Crippen molar-refractivity contribution in [1.29, 1.82) is 0 Å². The molecule has 2 heterocycles. The summed E-state index contributed by atoms with van der Waals surface area (Å²) in [5.41, 5.74) is 2.63. The van der Waals surface area contributed by atoms with E-state index in [4.69, 9.17) is 0 Å². The van der Waals surface area contributed by atoms with Crippen molar-refractivity contribution in [2.75, 3.05) is 0 Å². The zero-order valence-electron chi connectivity index (χ0n) is 10.7. The van der Waals surface area contributed by atoms with Crippen LogP contribution >= 0.6 is 0 Å². The number of hydrogen-bond acceptors (Lipinski definition) is 3. The number of carbonyl (C=O) groups is 1. The van der Waals surface area contributed by atoms with E-state index in [0.717, 1.165) is 11.3 Å². The van der Waals surface area contributed by atoms with E-state index in [9.17, 15) is 4.79 Å². The molecule has 0 fully saturated rings. The molecule has 1 N–H and O–H groups in total. The highest BCUT2D eigenvalue weighted by molar-refractivity contribution is 5.94. The lowest BCUT2D eigenvalue weighted by molar-refractivity contribution is 0.0939. The van der Waals surface area contributed by atoms with Crippen LogP contribution in [0.15, 0.2) is 30.7 Å². The molecule has 2 aromatic rings. The standard InChI is InChI=1S/C13H16N4O/c1-9(12-8-15-17(3)10(12)2)16-13(18)11-5-4-6-14-7-11/h4-9H,1-3H3,(H,16,18). The maximum Gasteiger partial charge on any atom is 0.253 e. The fourth-order valence-corrected chi connectivity index (χ4v) is 1.80. The Kier molecular flexibility index (Phi) is 3.41. The summed E-state index contributed by atoms with van der Waals surface area (Å²) in [6.45, 7) is 3.92. The van der Waals surface area contributed by atoms with Crippen LogP contribution < -0.4 is 5.32 Å². The number of amides is 1. The first-order chi connectivity index (χ1) is 8.59. The second kappa shape index (κ2) is 5.00. The Hall–Kier alpha value is -2.17. The van der Waals surface area contributed by atoms with Gasteiger partial charge in [-0.05, 0) is 26.0 Å². The average molecular weight is 244 g/mol.